The Bertz CT molecular complexity index is 990. The summed E-state index contributed by atoms with van der Waals surface area (Å²) in [6, 6.07) is 16.7. The van der Waals surface area contributed by atoms with Crippen LogP contribution in [0, 0.1) is 11.3 Å². The van der Waals surface area contributed by atoms with Gasteiger partial charge in [-0.05, 0) is 50.2 Å². The average Bonchev–Trinajstić information content (AvgIpc) is 2.63. The van der Waals surface area contributed by atoms with Gasteiger partial charge in [0.15, 0.2) is 5.16 Å². The Balaban J connectivity index is 2.20. The van der Waals surface area contributed by atoms with Crippen LogP contribution in [0.25, 0.3) is 16.6 Å². The topological polar surface area (TPSA) is 67.9 Å². The SMILES string of the molecule is CCOc1ccc(-n2c(S[C@H](C)C#N)nc3ccccc3c2=O)cc1. The molecular weight excluding hydrogens is 334 g/mol. The summed E-state index contributed by atoms with van der Waals surface area (Å²) in [7, 11) is 0. The van der Waals surface area contributed by atoms with E-state index in [0.717, 1.165) is 5.75 Å². The Morgan fingerprint density at radius 1 is 1.24 bits per heavy atom. The van der Waals surface area contributed by atoms with Crippen LogP contribution in [0.1, 0.15) is 13.8 Å². The molecule has 6 heteroatoms. The Kier molecular flexibility index (Phi) is 5.05. The van der Waals surface area contributed by atoms with Gasteiger partial charge in [-0.15, -0.1) is 0 Å². The monoisotopic (exact) mass is 351 g/mol. The van der Waals surface area contributed by atoms with Crippen LogP contribution >= 0.6 is 11.8 Å². The van der Waals surface area contributed by atoms with Crippen molar-refractivity contribution in [2.45, 2.75) is 24.3 Å². The standard InChI is InChI=1S/C19H17N3O2S/c1-3-24-15-10-8-14(9-11-15)22-18(23)16-6-4-5-7-17(16)21-19(22)25-13(2)12-20/h4-11,13H,3H2,1-2H3/t13-/m1/s1. The highest BCUT2D eigenvalue weighted by molar-refractivity contribution is 8.00. The molecule has 0 unspecified atom stereocenters. The van der Waals surface area contributed by atoms with Crippen molar-refractivity contribution in [3.8, 4) is 17.5 Å². The molecular formula is C19H17N3O2S. The second kappa shape index (κ2) is 7.41. The van der Waals surface area contributed by atoms with E-state index in [9.17, 15) is 4.79 Å². The highest BCUT2D eigenvalue weighted by Gasteiger charge is 2.15. The van der Waals surface area contributed by atoms with E-state index >= 15 is 0 Å². The van der Waals surface area contributed by atoms with E-state index in [-0.39, 0.29) is 10.8 Å². The molecule has 2 aromatic carbocycles. The first kappa shape index (κ1) is 17.1. The maximum atomic E-state index is 13.0. The highest BCUT2D eigenvalue weighted by atomic mass is 32.2. The second-order valence-corrected chi connectivity index (χ2v) is 6.68. The van der Waals surface area contributed by atoms with Crippen LogP contribution in [-0.2, 0) is 0 Å². The largest absolute Gasteiger partial charge is 0.494 e. The van der Waals surface area contributed by atoms with Gasteiger partial charge in [-0.2, -0.15) is 5.26 Å². The molecule has 1 atom stereocenters. The molecule has 5 nitrogen and oxygen atoms in total. The Hall–Kier alpha value is -2.78. The molecule has 0 aliphatic heterocycles. The van der Waals surface area contributed by atoms with E-state index < -0.39 is 0 Å². The van der Waals surface area contributed by atoms with Gasteiger partial charge < -0.3 is 4.74 Å². The molecule has 0 spiro atoms. The van der Waals surface area contributed by atoms with Gasteiger partial charge in [0.05, 0.1) is 34.5 Å². The van der Waals surface area contributed by atoms with Gasteiger partial charge in [0.2, 0.25) is 0 Å². The van der Waals surface area contributed by atoms with Crippen molar-refractivity contribution in [3.63, 3.8) is 0 Å². The lowest BCUT2D eigenvalue weighted by Crippen LogP contribution is -2.22. The number of para-hydroxylation sites is 1. The quantitative estimate of drug-likeness (QED) is 0.517. The highest BCUT2D eigenvalue weighted by Crippen LogP contribution is 2.25. The fraction of sp³-hybridized carbons (Fsp3) is 0.211. The maximum Gasteiger partial charge on any atom is 0.266 e. The van der Waals surface area contributed by atoms with Crippen LogP contribution in [0.2, 0.25) is 0 Å². The molecule has 0 aliphatic carbocycles. The van der Waals surface area contributed by atoms with Crippen LogP contribution in [0.15, 0.2) is 58.5 Å². The molecule has 3 aromatic rings. The van der Waals surface area contributed by atoms with Crippen LogP contribution in [0.4, 0.5) is 0 Å². The number of hydrogen-bond donors (Lipinski definition) is 0. The minimum Gasteiger partial charge on any atom is -0.494 e. The zero-order chi connectivity index (χ0) is 17.8. The first-order chi connectivity index (χ1) is 12.1. The van der Waals surface area contributed by atoms with E-state index in [0.29, 0.717) is 28.4 Å². The van der Waals surface area contributed by atoms with E-state index in [1.54, 1.807) is 23.6 Å². The fourth-order valence-electron chi connectivity index (χ4n) is 2.46. The first-order valence-electron chi connectivity index (χ1n) is 7.95. The number of hydrogen-bond acceptors (Lipinski definition) is 5. The lowest BCUT2D eigenvalue weighted by atomic mass is 10.2. The molecule has 0 amide bonds. The average molecular weight is 351 g/mol. The number of nitrogens with zero attached hydrogens (tertiary/aromatic N) is 3. The van der Waals surface area contributed by atoms with Crippen molar-refractivity contribution in [2.24, 2.45) is 0 Å². The summed E-state index contributed by atoms with van der Waals surface area (Å²) >= 11 is 1.27. The number of nitriles is 1. The summed E-state index contributed by atoms with van der Waals surface area (Å²) in [6.07, 6.45) is 0. The summed E-state index contributed by atoms with van der Waals surface area (Å²) < 4.78 is 7.01. The van der Waals surface area contributed by atoms with Gasteiger partial charge in [0.1, 0.15) is 5.75 Å². The third kappa shape index (κ3) is 3.52. The number of thioether (sulfide) groups is 1. The second-order valence-electron chi connectivity index (χ2n) is 5.37. The van der Waals surface area contributed by atoms with Crippen molar-refractivity contribution >= 4 is 22.7 Å². The van der Waals surface area contributed by atoms with Crippen molar-refractivity contribution in [3.05, 3.63) is 58.9 Å². The lowest BCUT2D eigenvalue weighted by molar-refractivity contribution is 0.340. The Morgan fingerprint density at radius 3 is 2.64 bits per heavy atom. The molecule has 1 heterocycles. The lowest BCUT2D eigenvalue weighted by Gasteiger charge is -2.14. The van der Waals surface area contributed by atoms with Crippen molar-refractivity contribution in [2.75, 3.05) is 6.61 Å². The van der Waals surface area contributed by atoms with Gasteiger partial charge in [-0.1, -0.05) is 23.9 Å². The maximum absolute atomic E-state index is 13.0. The summed E-state index contributed by atoms with van der Waals surface area (Å²) in [6.45, 7) is 4.29. The van der Waals surface area contributed by atoms with Crippen molar-refractivity contribution < 1.29 is 4.74 Å². The third-order valence-corrected chi connectivity index (χ3v) is 4.56. The molecule has 0 saturated heterocycles. The van der Waals surface area contributed by atoms with E-state index in [1.165, 1.54) is 11.8 Å². The minimum atomic E-state index is -0.318. The molecule has 0 saturated carbocycles. The van der Waals surface area contributed by atoms with Gasteiger partial charge >= 0.3 is 0 Å². The zero-order valence-electron chi connectivity index (χ0n) is 14.0. The summed E-state index contributed by atoms with van der Waals surface area (Å²) in [5.41, 5.74) is 1.17. The third-order valence-electron chi connectivity index (χ3n) is 3.61. The van der Waals surface area contributed by atoms with E-state index in [2.05, 4.69) is 11.1 Å². The zero-order valence-corrected chi connectivity index (χ0v) is 14.8. The first-order valence-corrected chi connectivity index (χ1v) is 8.83. The predicted molar refractivity (Wildman–Crippen MR) is 99.4 cm³/mol. The Labute approximate surface area is 149 Å². The van der Waals surface area contributed by atoms with Gasteiger partial charge in [-0.25, -0.2) is 4.98 Å². The predicted octanol–water partition coefficient (Wildman–Crippen LogP) is 3.79. The number of aromatic nitrogens is 2. The summed E-state index contributed by atoms with van der Waals surface area (Å²) in [5, 5.41) is 9.86. The number of ether oxygens (including phenoxy) is 1. The molecule has 0 bridgehead atoms. The van der Waals surface area contributed by atoms with E-state index in [4.69, 9.17) is 10.00 Å². The smallest absolute Gasteiger partial charge is 0.266 e. The molecule has 3 rings (SSSR count). The number of benzene rings is 2. The molecule has 0 N–H and O–H groups in total. The molecule has 25 heavy (non-hydrogen) atoms. The number of fused-ring (bicyclic) bond motifs is 1. The van der Waals surface area contributed by atoms with Crippen LogP contribution in [0.5, 0.6) is 5.75 Å². The van der Waals surface area contributed by atoms with Crippen LogP contribution in [0.3, 0.4) is 0 Å². The van der Waals surface area contributed by atoms with Crippen LogP contribution in [-0.4, -0.2) is 21.4 Å². The molecule has 0 aliphatic rings. The molecule has 0 radical (unpaired) electrons. The molecule has 1 aromatic heterocycles. The summed E-state index contributed by atoms with van der Waals surface area (Å²) in [5.74, 6) is 0.743. The summed E-state index contributed by atoms with van der Waals surface area (Å²) in [4.78, 5) is 17.6. The van der Waals surface area contributed by atoms with Gasteiger partial charge in [-0.3, -0.25) is 9.36 Å². The van der Waals surface area contributed by atoms with E-state index in [1.807, 2.05) is 43.3 Å². The van der Waals surface area contributed by atoms with Gasteiger partial charge in [0.25, 0.3) is 5.56 Å². The van der Waals surface area contributed by atoms with Crippen LogP contribution < -0.4 is 10.3 Å². The fourth-order valence-corrected chi connectivity index (χ4v) is 3.28. The molecule has 0 fully saturated rings. The molecule has 126 valence electrons. The van der Waals surface area contributed by atoms with Gasteiger partial charge in [0, 0.05) is 0 Å². The van der Waals surface area contributed by atoms with Crippen molar-refractivity contribution in [1.82, 2.24) is 9.55 Å². The Morgan fingerprint density at radius 2 is 1.96 bits per heavy atom. The number of rotatable bonds is 5. The minimum absolute atomic E-state index is 0.151. The normalized spacial score (nSPS) is 11.9. The van der Waals surface area contributed by atoms with Crippen molar-refractivity contribution in [1.29, 1.82) is 5.26 Å².